The first kappa shape index (κ1) is 21.4. The molecule has 0 fully saturated rings. The second-order valence-corrected chi connectivity index (χ2v) is 6.38. The van der Waals surface area contributed by atoms with Crippen molar-refractivity contribution in [3.05, 3.63) is 47.5 Å². The van der Waals surface area contributed by atoms with Crippen molar-refractivity contribution in [2.24, 2.45) is 0 Å². The minimum atomic E-state index is -0.223. The van der Waals surface area contributed by atoms with E-state index < -0.39 is 0 Å². The number of rotatable bonds is 9. The van der Waals surface area contributed by atoms with E-state index >= 15 is 0 Å². The second kappa shape index (κ2) is 9.85. The highest BCUT2D eigenvalue weighted by Crippen LogP contribution is 2.38. The molecule has 0 heterocycles. The maximum atomic E-state index is 12.7. The third-order valence-electron chi connectivity index (χ3n) is 4.51. The quantitative estimate of drug-likeness (QED) is 0.712. The van der Waals surface area contributed by atoms with Crippen LogP contribution in [0.2, 0.25) is 0 Å². The number of nitrogens with one attached hydrogen (secondary N) is 1. The Morgan fingerprint density at radius 3 is 1.93 bits per heavy atom. The van der Waals surface area contributed by atoms with Crippen LogP contribution in [0.4, 0.5) is 0 Å². The van der Waals surface area contributed by atoms with Crippen LogP contribution < -0.4 is 24.3 Å². The summed E-state index contributed by atoms with van der Waals surface area (Å²) in [6.45, 7) is 0.439. The van der Waals surface area contributed by atoms with Gasteiger partial charge in [-0.1, -0.05) is 12.1 Å². The second-order valence-electron chi connectivity index (χ2n) is 6.38. The zero-order valence-corrected chi connectivity index (χ0v) is 17.2. The molecule has 0 aliphatic heterocycles. The highest BCUT2D eigenvalue weighted by Gasteiger charge is 2.19. The standard InChI is InChI=1S/C21H28N2O5/c1-23(2)17(14-7-9-16(25-3)10-8-14)13-22-21(24)15-11-18(26-4)20(28-6)19(12-15)27-5/h7-12,17H,13H2,1-6H3,(H,22,24). The first-order chi connectivity index (χ1) is 13.4. The molecule has 2 rings (SSSR count). The van der Waals surface area contributed by atoms with E-state index in [1.165, 1.54) is 21.3 Å². The van der Waals surface area contributed by atoms with E-state index in [1.807, 2.05) is 38.4 Å². The fourth-order valence-electron chi connectivity index (χ4n) is 2.93. The van der Waals surface area contributed by atoms with Crippen LogP contribution in [0.5, 0.6) is 23.0 Å². The van der Waals surface area contributed by atoms with Crippen molar-refractivity contribution in [2.45, 2.75) is 6.04 Å². The largest absolute Gasteiger partial charge is 0.497 e. The SMILES string of the molecule is COc1ccc(C(CNC(=O)c2cc(OC)c(OC)c(OC)c2)N(C)C)cc1. The van der Waals surface area contributed by atoms with Gasteiger partial charge < -0.3 is 29.2 Å². The molecule has 2 aromatic rings. The number of amides is 1. The average Bonchev–Trinajstić information content (AvgIpc) is 2.72. The molecule has 152 valence electrons. The van der Waals surface area contributed by atoms with Gasteiger partial charge in [-0.25, -0.2) is 0 Å². The maximum Gasteiger partial charge on any atom is 0.251 e. The molecule has 7 nitrogen and oxygen atoms in total. The molecule has 0 saturated heterocycles. The van der Waals surface area contributed by atoms with E-state index in [4.69, 9.17) is 18.9 Å². The van der Waals surface area contributed by atoms with E-state index in [1.54, 1.807) is 19.2 Å². The highest BCUT2D eigenvalue weighted by atomic mass is 16.5. The highest BCUT2D eigenvalue weighted by molar-refractivity contribution is 5.95. The van der Waals surface area contributed by atoms with Gasteiger partial charge in [-0.3, -0.25) is 4.79 Å². The summed E-state index contributed by atoms with van der Waals surface area (Å²) in [6.07, 6.45) is 0. The number of hydrogen-bond donors (Lipinski definition) is 1. The van der Waals surface area contributed by atoms with Crippen molar-refractivity contribution in [3.8, 4) is 23.0 Å². The molecule has 1 unspecified atom stereocenters. The maximum absolute atomic E-state index is 12.7. The third-order valence-corrected chi connectivity index (χ3v) is 4.51. The summed E-state index contributed by atoms with van der Waals surface area (Å²) in [5, 5.41) is 2.98. The normalized spacial score (nSPS) is 11.7. The first-order valence-electron chi connectivity index (χ1n) is 8.83. The van der Waals surface area contributed by atoms with Crippen LogP contribution in [0.25, 0.3) is 0 Å². The number of ether oxygens (including phenoxy) is 4. The topological polar surface area (TPSA) is 69.3 Å². The van der Waals surface area contributed by atoms with Crippen LogP contribution in [0.15, 0.2) is 36.4 Å². The van der Waals surface area contributed by atoms with Gasteiger partial charge in [0.05, 0.1) is 34.5 Å². The summed E-state index contributed by atoms with van der Waals surface area (Å²) in [4.78, 5) is 14.8. The number of carbonyl (C=O) groups excluding carboxylic acids is 1. The van der Waals surface area contributed by atoms with Crippen LogP contribution in [-0.2, 0) is 0 Å². The molecule has 0 aliphatic rings. The Kier molecular flexibility index (Phi) is 7.52. The predicted octanol–water partition coefficient (Wildman–Crippen LogP) is 2.75. The van der Waals surface area contributed by atoms with Gasteiger partial charge in [0.15, 0.2) is 11.5 Å². The van der Waals surface area contributed by atoms with Crippen molar-refractivity contribution in [2.75, 3.05) is 49.1 Å². The number of benzene rings is 2. The van der Waals surface area contributed by atoms with E-state index in [-0.39, 0.29) is 11.9 Å². The molecule has 0 bridgehead atoms. The summed E-state index contributed by atoms with van der Waals surface area (Å²) in [5.74, 6) is 1.89. The van der Waals surface area contributed by atoms with Crippen molar-refractivity contribution in [3.63, 3.8) is 0 Å². The Morgan fingerprint density at radius 1 is 0.929 bits per heavy atom. The Morgan fingerprint density at radius 2 is 1.50 bits per heavy atom. The van der Waals surface area contributed by atoms with E-state index in [0.29, 0.717) is 29.4 Å². The van der Waals surface area contributed by atoms with Crippen LogP contribution in [-0.4, -0.2) is 59.9 Å². The summed E-state index contributed by atoms with van der Waals surface area (Å²) < 4.78 is 21.2. The van der Waals surface area contributed by atoms with Gasteiger partial charge in [-0.2, -0.15) is 0 Å². The number of carbonyl (C=O) groups is 1. The lowest BCUT2D eigenvalue weighted by molar-refractivity contribution is 0.0941. The molecule has 1 N–H and O–H groups in total. The molecule has 0 aromatic heterocycles. The van der Waals surface area contributed by atoms with Gasteiger partial charge >= 0.3 is 0 Å². The fraction of sp³-hybridized carbons (Fsp3) is 0.381. The molecule has 1 amide bonds. The summed E-state index contributed by atoms with van der Waals surface area (Å²) in [6, 6.07) is 11.1. The molecule has 1 atom stereocenters. The van der Waals surface area contributed by atoms with E-state index in [9.17, 15) is 4.79 Å². The minimum absolute atomic E-state index is 0.0110. The lowest BCUT2D eigenvalue weighted by atomic mass is 10.1. The van der Waals surface area contributed by atoms with Crippen molar-refractivity contribution in [1.29, 1.82) is 0 Å². The Balaban J connectivity index is 2.18. The number of likely N-dealkylation sites (N-methyl/N-ethyl adjacent to an activating group) is 1. The molecule has 0 saturated carbocycles. The number of nitrogens with zero attached hydrogens (tertiary/aromatic N) is 1. The summed E-state index contributed by atoms with van der Waals surface area (Å²) >= 11 is 0. The Bertz CT molecular complexity index is 765. The van der Waals surface area contributed by atoms with Crippen molar-refractivity contribution < 1.29 is 23.7 Å². The van der Waals surface area contributed by atoms with Gasteiger partial charge in [0.1, 0.15) is 5.75 Å². The van der Waals surface area contributed by atoms with Gasteiger partial charge in [-0.05, 0) is 43.9 Å². The molecule has 0 spiro atoms. The monoisotopic (exact) mass is 388 g/mol. The zero-order valence-electron chi connectivity index (χ0n) is 17.2. The van der Waals surface area contributed by atoms with Crippen LogP contribution in [0, 0.1) is 0 Å². The lowest BCUT2D eigenvalue weighted by Crippen LogP contribution is -2.34. The van der Waals surface area contributed by atoms with Crippen LogP contribution in [0.1, 0.15) is 22.0 Å². The molecule has 2 aromatic carbocycles. The van der Waals surface area contributed by atoms with E-state index in [0.717, 1.165) is 11.3 Å². The summed E-state index contributed by atoms with van der Waals surface area (Å²) in [5.41, 5.74) is 1.51. The van der Waals surface area contributed by atoms with Gasteiger partial charge in [-0.15, -0.1) is 0 Å². The van der Waals surface area contributed by atoms with Crippen molar-refractivity contribution >= 4 is 5.91 Å². The van der Waals surface area contributed by atoms with Gasteiger partial charge in [0.25, 0.3) is 5.91 Å². The molecule has 0 radical (unpaired) electrons. The molecule has 28 heavy (non-hydrogen) atoms. The average molecular weight is 388 g/mol. The predicted molar refractivity (Wildman–Crippen MR) is 108 cm³/mol. The summed E-state index contributed by atoms with van der Waals surface area (Å²) in [7, 11) is 10.1. The molecular weight excluding hydrogens is 360 g/mol. The third kappa shape index (κ3) is 4.86. The van der Waals surface area contributed by atoms with E-state index in [2.05, 4.69) is 10.2 Å². The zero-order chi connectivity index (χ0) is 20.7. The minimum Gasteiger partial charge on any atom is -0.497 e. The lowest BCUT2D eigenvalue weighted by Gasteiger charge is -2.25. The van der Waals surface area contributed by atoms with Crippen LogP contribution in [0.3, 0.4) is 0 Å². The smallest absolute Gasteiger partial charge is 0.251 e. The molecule has 0 aliphatic carbocycles. The number of hydrogen-bond acceptors (Lipinski definition) is 6. The molecular formula is C21H28N2O5. The Labute approximate surface area is 166 Å². The van der Waals surface area contributed by atoms with Gasteiger partial charge in [0.2, 0.25) is 5.75 Å². The molecule has 7 heteroatoms. The number of methoxy groups -OCH3 is 4. The van der Waals surface area contributed by atoms with Crippen molar-refractivity contribution in [1.82, 2.24) is 10.2 Å². The van der Waals surface area contributed by atoms with Crippen LogP contribution >= 0.6 is 0 Å². The Hall–Kier alpha value is -2.93. The fourth-order valence-corrected chi connectivity index (χ4v) is 2.93. The van der Waals surface area contributed by atoms with Gasteiger partial charge in [0, 0.05) is 12.1 Å². The first-order valence-corrected chi connectivity index (χ1v) is 8.83.